The van der Waals surface area contributed by atoms with E-state index < -0.39 is 17.7 Å². The smallest absolute Gasteiger partial charge is 0.301 e. The van der Waals surface area contributed by atoms with E-state index in [9.17, 15) is 14.7 Å². The Balaban J connectivity index is 2.01. The van der Waals surface area contributed by atoms with Crippen LogP contribution in [-0.4, -0.2) is 53.3 Å². The summed E-state index contributed by atoms with van der Waals surface area (Å²) in [4.78, 5) is 31.5. The molecule has 33 heavy (non-hydrogen) atoms. The second-order valence-electron chi connectivity index (χ2n) is 6.97. The first-order valence-corrected chi connectivity index (χ1v) is 10.5. The Morgan fingerprint density at radius 3 is 2.18 bits per heavy atom. The number of hydrogen-bond donors (Lipinski definition) is 1. The van der Waals surface area contributed by atoms with Gasteiger partial charge in [-0.3, -0.25) is 19.5 Å². The van der Waals surface area contributed by atoms with Gasteiger partial charge in [0.2, 0.25) is 10.9 Å². The van der Waals surface area contributed by atoms with E-state index in [-0.39, 0.29) is 16.5 Å². The molecule has 10 nitrogen and oxygen atoms in total. The van der Waals surface area contributed by atoms with Gasteiger partial charge in [0.15, 0.2) is 11.5 Å². The monoisotopic (exact) mass is 468 g/mol. The Morgan fingerprint density at radius 2 is 1.67 bits per heavy atom. The number of carbonyl (C=O) groups is 2. The number of ether oxygens (including phenoxy) is 3. The fraction of sp³-hybridized carbons (Fsp3) is 0.227. The molecule has 170 valence electrons. The van der Waals surface area contributed by atoms with Crippen molar-refractivity contribution in [3.63, 3.8) is 0 Å². The van der Waals surface area contributed by atoms with E-state index in [4.69, 9.17) is 14.2 Å². The van der Waals surface area contributed by atoms with Gasteiger partial charge in [0, 0.05) is 18.0 Å². The van der Waals surface area contributed by atoms with Gasteiger partial charge in [-0.15, -0.1) is 10.2 Å². The SMILES string of the molecule is COc1cc(C2/C(=C(\O)c3ccncc3)C(=O)C(=O)N2c2nnc(C)s2)cc(OC)c1OC. The zero-order chi connectivity index (χ0) is 23.7. The number of benzene rings is 1. The van der Waals surface area contributed by atoms with E-state index in [1.807, 2.05) is 0 Å². The molecule has 1 unspecified atom stereocenters. The quantitative estimate of drug-likeness (QED) is 0.330. The van der Waals surface area contributed by atoms with E-state index in [1.54, 1.807) is 31.2 Å². The summed E-state index contributed by atoms with van der Waals surface area (Å²) in [6.07, 6.45) is 2.96. The Morgan fingerprint density at radius 1 is 1.03 bits per heavy atom. The minimum atomic E-state index is -1.01. The molecule has 3 aromatic rings. The minimum Gasteiger partial charge on any atom is -0.507 e. The summed E-state index contributed by atoms with van der Waals surface area (Å²) in [7, 11) is 4.39. The highest BCUT2D eigenvalue weighted by atomic mass is 32.1. The summed E-state index contributed by atoms with van der Waals surface area (Å²) in [5.74, 6) is -1.01. The van der Waals surface area contributed by atoms with Gasteiger partial charge in [0.1, 0.15) is 10.8 Å². The molecule has 1 aromatic carbocycles. The average Bonchev–Trinajstić information content (AvgIpc) is 3.38. The third-order valence-electron chi connectivity index (χ3n) is 5.12. The van der Waals surface area contributed by atoms with Gasteiger partial charge in [-0.1, -0.05) is 11.3 Å². The number of Topliss-reactive ketones (excluding diaryl/α,β-unsaturated/α-hetero) is 1. The van der Waals surface area contributed by atoms with Crippen LogP contribution < -0.4 is 19.1 Å². The van der Waals surface area contributed by atoms with Gasteiger partial charge < -0.3 is 19.3 Å². The van der Waals surface area contributed by atoms with Crippen molar-refractivity contribution in [3.8, 4) is 17.2 Å². The van der Waals surface area contributed by atoms with Gasteiger partial charge >= 0.3 is 5.91 Å². The van der Waals surface area contributed by atoms with Crippen LogP contribution in [0.15, 0.2) is 42.2 Å². The molecule has 1 N–H and O–H groups in total. The zero-order valence-corrected chi connectivity index (χ0v) is 19.0. The zero-order valence-electron chi connectivity index (χ0n) is 18.2. The van der Waals surface area contributed by atoms with Crippen molar-refractivity contribution in [1.29, 1.82) is 0 Å². The molecule has 4 rings (SSSR count). The summed E-state index contributed by atoms with van der Waals surface area (Å²) in [6.45, 7) is 1.74. The van der Waals surface area contributed by atoms with Crippen LogP contribution in [0.25, 0.3) is 5.76 Å². The van der Waals surface area contributed by atoms with Crippen LogP contribution in [0.3, 0.4) is 0 Å². The highest BCUT2D eigenvalue weighted by Gasteiger charge is 2.48. The van der Waals surface area contributed by atoms with Crippen LogP contribution >= 0.6 is 11.3 Å². The van der Waals surface area contributed by atoms with Crippen LogP contribution in [0.5, 0.6) is 17.2 Å². The molecule has 1 fully saturated rings. The molecule has 3 heterocycles. The first kappa shape index (κ1) is 22.2. The Hall–Kier alpha value is -3.99. The maximum Gasteiger partial charge on any atom is 0.301 e. The van der Waals surface area contributed by atoms with Crippen molar-refractivity contribution >= 4 is 33.9 Å². The maximum absolute atomic E-state index is 13.2. The van der Waals surface area contributed by atoms with Gasteiger partial charge in [0.25, 0.3) is 5.78 Å². The van der Waals surface area contributed by atoms with E-state index in [0.717, 1.165) is 11.3 Å². The minimum absolute atomic E-state index is 0.103. The number of nitrogens with zero attached hydrogens (tertiary/aromatic N) is 4. The van der Waals surface area contributed by atoms with Crippen molar-refractivity contribution in [2.75, 3.05) is 26.2 Å². The van der Waals surface area contributed by atoms with Gasteiger partial charge in [-0.25, -0.2) is 0 Å². The molecule has 1 aliphatic rings. The first-order chi connectivity index (χ1) is 15.9. The first-order valence-electron chi connectivity index (χ1n) is 9.72. The number of amides is 1. The molecular formula is C22H20N4O6S. The van der Waals surface area contributed by atoms with E-state index in [1.165, 1.54) is 38.6 Å². The number of hydrogen-bond acceptors (Lipinski definition) is 10. The van der Waals surface area contributed by atoms with Crippen molar-refractivity contribution in [1.82, 2.24) is 15.2 Å². The lowest BCUT2D eigenvalue weighted by Gasteiger charge is -2.24. The normalized spacial score (nSPS) is 17.3. The van der Waals surface area contributed by atoms with Crippen molar-refractivity contribution in [3.05, 3.63) is 58.4 Å². The highest BCUT2D eigenvalue weighted by Crippen LogP contribution is 2.47. The fourth-order valence-corrected chi connectivity index (χ4v) is 4.37. The predicted octanol–water partition coefficient (Wildman–Crippen LogP) is 2.89. The molecule has 1 saturated heterocycles. The summed E-state index contributed by atoms with van der Waals surface area (Å²) in [5, 5.41) is 20.0. The number of rotatable bonds is 6. The molecule has 1 aliphatic heterocycles. The number of pyridine rings is 1. The average molecular weight is 468 g/mol. The number of carbonyl (C=O) groups excluding carboxylic acids is 2. The molecule has 0 spiro atoms. The highest BCUT2D eigenvalue weighted by molar-refractivity contribution is 7.15. The topological polar surface area (TPSA) is 124 Å². The molecular weight excluding hydrogens is 448 g/mol. The molecule has 1 atom stereocenters. The van der Waals surface area contributed by atoms with Crippen LogP contribution in [0.4, 0.5) is 5.13 Å². The van der Waals surface area contributed by atoms with E-state index in [0.29, 0.717) is 33.4 Å². The van der Waals surface area contributed by atoms with E-state index in [2.05, 4.69) is 15.2 Å². The van der Waals surface area contributed by atoms with Crippen molar-refractivity contribution in [2.24, 2.45) is 0 Å². The van der Waals surface area contributed by atoms with Gasteiger partial charge in [-0.05, 0) is 36.8 Å². The summed E-state index contributed by atoms with van der Waals surface area (Å²) in [5.41, 5.74) is 0.689. The summed E-state index contributed by atoms with van der Waals surface area (Å²) >= 11 is 1.16. The number of aryl methyl sites for hydroxylation is 1. The predicted molar refractivity (Wildman–Crippen MR) is 120 cm³/mol. The maximum atomic E-state index is 13.2. The third kappa shape index (κ3) is 3.76. The number of anilines is 1. The Bertz CT molecular complexity index is 1230. The molecule has 11 heteroatoms. The summed E-state index contributed by atoms with van der Waals surface area (Å²) < 4.78 is 16.3. The largest absolute Gasteiger partial charge is 0.507 e. The lowest BCUT2D eigenvalue weighted by Crippen LogP contribution is -2.29. The molecule has 0 saturated carbocycles. The van der Waals surface area contributed by atoms with Crippen LogP contribution in [0, 0.1) is 6.92 Å². The molecule has 2 aromatic heterocycles. The van der Waals surface area contributed by atoms with Crippen molar-refractivity contribution < 1.29 is 28.9 Å². The third-order valence-corrected chi connectivity index (χ3v) is 5.96. The van der Waals surface area contributed by atoms with Crippen LogP contribution in [0.2, 0.25) is 0 Å². The fourth-order valence-electron chi connectivity index (χ4n) is 3.65. The van der Waals surface area contributed by atoms with Gasteiger partial charge in [0.05, 0.1) is 32.9 Å². The van der Waals surface area contributed by atoms with E-state index >= 15 is 0 Å². The second kappa shape index (κ2) is 8.87. The lowest BCUT2D eigenvalue weighted by atomic mass is 9.95. The summed E-state index contributed by atoms with van der Waals surface area (Å²) in [6, 6.07) is 5.32. The van der Waals surface area contributed by atoms with Crippen LogP contribution in [-0.2, 0) is 9.59 Å². The lowest BCUT2D eigenvalue weighted by molar-refractivity contribution is -0.132. The molecule has 0 bridgehead atoms. The standard InChI is InChI=1S/C22H20N4O6S/c1-11-24-25-22(33-11)26-17(13-9-14(30-2)20(32-4)15(10-13)31-3)16(19(28)21(26)29)18(27)12-5-7-23-8-6-12/h5-10,17,27H,1-4H3/b18-16+. The Labute approximate surface area is 193 Å². The van der Waals surface area contributed by atoms with Crippen molar-refractivity contribution in [2.45, 2.75) is 13.0 Å². The number of aliphatic hydroxyl groups is 1. The van der Waals surface area contributed by atoms with Crippen LogP contribution in [0.1, 0.15) is 22.2 Å². The Kier molecular flexibility index (Phi) is 5.97. The number of aliphatic hydroxyl groups excluding tert-OH is 1. The number of methoxy groups -OCH3 is 3. The molecule has 1 amide bonds. The number of ketones is 1. The van der Waals surface area contributed by atoms with Gasteiger partial charge in [-0.2, -0.15) is 0 Å². The second-order valence-corrected chi connectivity index (χ2v) is 8.13. The number of aromatic nitrogens is 3. The molecule has 0 aliphatic carbocycles. The molecule has 0 radical (unpaired) electrons.